The van der Waals surface area contributed by atoms with Gasteiger partial charge in [0.05, 0.1) is 6.54 Å². The third kappa shape index (κ3) is 5.38. The van der Waals surface area contributed by atoms with E-state index in [0.29, 0.717) is 19.6 Å². The molecule has 0 bridgehead atoms. The van der Waals surface area contributed by atoms with Crippen molar-refractivity contribution in [2.45, 2.75) is 33.0 Å². The molecule has 0 aliphatic rings. The first-order chi connectivity index (χ1) is 11.1. The van der Waals surface area contributed by atoms with Gasteiger partial charge in [-0.05, 0) is 31.0 Å². The summed E-state index contributed by atoms with van der Waals surface area (Å²) in [5, 5.41) is 3.91. The van der Waals surface area contributed by atoms with Gasteiger partial charge in [0.25, 0.3) is 0 Å². The molecule has 0 radical (unpaired) electrons. The van der Waals surface area contributed by atoms with Crippen LogP contribution in [0.5, 0.6) is 0 Å². The molecule has 0 atom stereocenters. The molecule has 122 valence electrons. The minimum absolute atomic E-state index is 0.0934. The Hall–Kier alpha value is -1.84. The van der Waals surface area contributed by atoms with Gasteiger partial charge in [0.1, 0.15) is 0 Å². The maximum Gasteiger partial charge on any atom is 0.237 e. The van der Waals surface area contributed by atoms with E-state index in [1.807, 2.05) is 73.3 Å². The Labute approximate surface area is 143 Å². The molecule has 3 nitrogen and oxygen atoms in total. The van der Waals surface area contributed by atoms with Gasteiger partial charge in [-0.2, -0.15) is 0 Å². The normalized spacial score (nSPS) is 10.8. The van der Waals surface area contributed by atoms with Crippen molar-refractivity contribution < 1.29 is 4.79 Å². The van der Waals surface area contributed by atoms with Gasteiger partial charge in [-0.1, -0.05) is 60.1 Å². The first kappa shape index (κ1) is 17.5. The molecule has 0 aromatic heterocycles. The second kappa shape index (κ2) is 8.70. The summed E-state index contributed by atoms with van der Waals surface area (Å²) in [6.45, 7) is 5.59. The van der Waals surface area contributed by atoms with Gasteiger partial charge >= 0.3 is 0 Å². The summed E-state index contributed by atoms with van der Waals surface area (Å²) < 4.78 is 0. The van der Waals surface area contributed by atoms with E-state index in [2.05, 4.69) is 5.32 Å². The highest BCUT2D eigenvalue weighted by Crippen LogP contribution is 2.14. The number of nitrogens with zero attached hydrogens (tertiary/aromatic N) is 1. The van der Waals surface area contributed by atoms with E-state index >= 15 is 0 Å². The lowest BCUT2D eigenvalue weighted by molar-refractivity contribution is -0.132. The highest BCUT2D eigenvalue weighted by molar-refractivity contribution is 6.31. The fourth-order valence-electron chi connectivity index (χ4n) is 2.39. The fraction of sp³-hybridized carbons (Fsp3) is 0.316. The summed E-state index contributed by atoms with van der Waals surface area (Å²) in [5.41, 5.74) is 2.14. The largest absolute Gasteiger partial charge is 0.335 e. The summed E-state index contributed by atoms with van der Waals surface area (Å²) in [5.74, 6) is 0.0934. The number of hydrogen-bond acceptors (Lipinski definition) is 2. The average Bonchev–Trinajstić information content (AvgIpc) is 2.55. The second-order valence-corrected chi connectivity index (χ2v) is 6.20. The van der Waals surface area contributed by atoms with Gasteiger partial charge in [0.2, 0.25) is 5.91 Å². The first-order valence-electron chi connectivity index (χ1n) is 7.85. The molecule has 1 amide bonds. The van der Waals surface area contributed by atoms with Crippen LogP contribution in [0, 0.1) is 0 Å². The number of benzene rings is 2. The van der Waals surface area contributed by atoms with Crippen molar-refractivity contribution in [2.24, 2.45) is 0 Å². The SMILES string of the molecule is CC(C)N(Cc1ccccc1)C(=O)CNCc1ccccc1Cl. The van der Waals surface area contributed by atoms with Crippen LogP contribution in [0.4, 0.5) is 0 Å². The van der Waals surface area contributed by atoms with Gasteiger partial charge < -0.3 is 10.2 Å². The van der Waals surface area contributed by atoms with Crippen LogP contribution >= 0.6 is 11.6 Å². The Morgan fingerprint density at radius 3 is 2.39 bits per heavy atom. The zero-order valence-corrected chi connectivity index (χ0v) is 14.4. The monoisotopic (exact) mass is 330 g/mol. The van der Waals surface area contributed by atoms with Crippen LogP contribution in [0.15, 0.2) is 54.6 Å². The topological polar surface area (TPSA) is 32.3 Å². The summed E-state index contributed by atoms with van der Waals surface area (Å²) in [4.78, 5) is 14.4. The summed E-state index contributed by atoms with van der Waals surface area (Å²) >= 11 is 6.12. The van der Waals surface area contributed by atoms with E-state index in [4.69, 9.17) is 11.6 Å². The van der Waals surface area contributed by atoms with Crippen molar-refractivity contribution in [1.82, 2.24) is 10.2 Å². The number of nitrogens with one attached hydrogen (secondary N) is 1. The zero-order valence-electron chi connectivity index (χ0n) is 13.6. The number of rotatable bonds is 7. The van der Waals surface area contributed by atoms with E-state index in [1.54, 1.807) is 0 Å². The quantitative estimate of drug-likeness (QED) is 0.836. The van der Waals surface area contributed by atoms with Crippen LogP contribution < -0.4 is 5.32 Å². The predicted molar refractivity (Wildman–Crippen MR) is 95.3 cm³/mol. The van der Waals surface area contributed by atoms with E-state index in [-0.39, 0.29) is 11.9 Å². The molecule has 0 saturated heterocycles. The molecule has 0 aliphatic carbocycles. The fourth-order valence-corrected chi connectivity index (χ4v) is 2.59. The smallest absolute Gasteiger partial charge is 0.237 e. The zero-order chi connectivity index (χ0) is 16.7. The molecular weight excluding hydrogens is 308 g/mol. The predicted octanol–water partition coefficient (Wildman–Crippen LogP) is 3.87. The van der Waals surface area contributed by atoms with Gasteiger partial charge in [-0.3, -0.25) is 4.79 Å². The highest BCUT2D eigenvalue weighted by atomic mass is 35.5. The van der Waals surface area contributed by atoms with Crippen LogP contribution in [-0.4, -0.2) is 23.4 Å². The minimum atomic E-state index is 0.0934. The standard InChI is InChI=1S/C19H23ClN2O/c1-15(2)22(14-16-8-4-3-5-9-16)19(23)13-21-12-17-10-6-7-11-18(17)20/h3-11,15,21H,12-14H2,1-2H3. The molecule has 0 fully saturated rings. The number of carbonyl (C=O) groups is 1. The minimum Gasteiger partial charge on any atom is -0.335 e. The molecule has 1 N–H and O–H groups in total. The van der Waals surface area contributed by atoms with Crippen LogP contribution in [-0.2, 0) is 17.9 Å². The van der Waals surface area contributed by atoms with Crippen molar-refractivity contribution in [2.75, 3.05) is 6.54 Å². The van der Waals surface area contributed by atoms with Gasteiger partial charge in [0.15, 0.2) is 0 Å². The third-order valence-electron chi connectivity index (χ3n) is 3.69. The van der Waals surface area contributed by atoms with E-state index in [1.165, 1.54) is 0 Å². The van der Waals surface area contributed by atoms with E-state index in [0.717, 1.165) is 16.1 Å². The Kier molecular flexibility index (Phi) is 6.63. The Bertz CT molecular complexity index is 628. The van der Waals surface area contributed by atoms with Crippen LogP contribution in [0.3, 0.4) is 0 Å². The Morgan fingerprint density at radius 1 is 1.09 bits per heavy atom. The molecule has 0 saturated carbocycles. The Morgan fingerprint density at radius 2 is 1.74 bits per heavy atom. The van der Waals surface area contributed by atoms with E-state index in [9.17, 15) is 4.79 Å². The summed E-state index contributed by atoms with van der Waals surface area (Å²) in [6.07, 6.45) is 0. The number of halogens is 1. The number of hydrogen-bond donors (Lipinski definition) is 1. The molecule has 0 heterocycles. The van der Waals surface area contributed by atoms with Crippen molar-refractivity contribution in [3.05, 3.63) is 70.7 Å². The average molecular weight is 331 g/mol. The van der Waals surface area contributed by atoms with Crippen molar-refractivity contribution in [3.63, 3.8) is 0 Å². The molecule has 4 heteroatoms. The van der Waals surface area contributed by atoms with Crippen molar-refractivity contribution >= 4 is 17.5 Å². The highest BCUT2D eigenvalue weighted by Gasteiger charge is 2.16. The third-order valence-corrected chi connectivity index (χ3v) is 4.06. The van der Waals surface area contributed by atoms with Gasteiger partial charge in [0, 0.05) is 24.2 Å². The molecule has 0 aliphatic heterocycles. The molecule has 2 rings (SSSR count). The van der Waals surface area contributed by atoms with Crippen LogP contribution in [0.25, 0.3) is 0 Å². The second-order valence-electron chi connectivity index (χ2n) is 5.80. The molecular formula is C19H23ClN2O. The first-order valence-corrected chi connectivity index (χ1v) is 8.23. The molecule has 2 aromatic carbocycles. The van der Waals surface area contributed by atoms with Crippen molar-refractivity contribution in [1.29, 1.82) is 0 Å². The molecule has 2 aromatic rings. The Balaban J connectivity index is 1.90. The maximum absolute atomic E-state index is 12.5. The lowest BCUT2D eigenvalue weighted by Gasteiger charge is -2.27. The molecule has 0 spiro atoms. The molecule has 23 heavy (non-hydrogen) atoms. The van der Waals surface area contributed by atoms with Gasteiger partial charge in [-0.25, -0.2) is 0 Å². The van der Waals surface area contributed by atoms with Gasteiger partial charge in [-0.15, -0.1) is 0 Å². The lowest BCUT2D eigenvalue weighted by atomic mass is 10.2. The maximum atomic E-state index is 12.5. The van der Waals surface area contributed by atoms with Crippen molar-refractivity contribution in [3.8, 4) is 0 Å². The number of amides is 1. The van der Waals surface area contributed by atoms with E-state index < -0.39 is 0 Å². The summed E-state index contributed by atoms with van der Waals surface area (Å²) in [7, 11) is 0. The number of carbonyl (C=O) groups excluding carboxylic acids is 1. The summed E-state index contributed by atoms with van der Waals surface area (Å²) in [6, 6.07) is 17.9. The molecule has 0 unspecified atom stereocenters. The lowest BCUT2D eigenvalue weighted by Crippen LogP contribution is -2.41. The van der Waals surface area contributed by atoms with Crippen LogP contribution in [0.1, 0.15) is 25.0 Å². The van der Waals surface area contributed by atoms with Crippen LogP contribution in [0.2, 0.25) is 5.02 Å².